The van der Waals surface area contributed by atoms with Crippen LogP contribution >= 0.6 is 22.9 Å². The number of alkyl halides is 3. The molecule has 0 saturated heterocycles. The lowest BCUT2D eigenvalue weighted by Crippen LogP contribution is -2.41. The molecule has 1 aromatic heterocycles. The van der Waals surface area contributed by atoms with Crippen LogP contribution in [0.4, 0.5) is 13.2 Å². The minimum atomic E-state index is -5.00. The molecule has 3 aromatic rings. The molecule has 1 aliphatic heterocycles. The van der Waals surface area contributed by atoms with E-state index in [-0.39, 0.29) is 27.3 Å². The van der Waals surface area contributed by atoms with E-state index in [1.165, 1.54) is 50.3 Å². The largest absolute Gasteiger partial charge is 0.463 e. The molecule has 0 fully saturated rings. The number of ether oxygens (including phenoxy) is 2. The number of fused-ring (bicyclic) bond motifs is 1. The lowest BCUT2D eigenvalue weighted by atomic mass is 9.95. The lowest BCUT2D eigenvalue weighted by Gasteiger charge is -2.26. The maximum Gasteiger partial charge on any atom is 0.434 e. The number of carbonyl (C=O) groups is 2. The Balaban J connectivity index is 1.99. The van der Waals surface area contributed by atoms with E-state index in [1.807, 2.05) is 0 Å². The second-order valence-electron chi connectivity index (χ2n) is 7.78. The average Bonchev–Trinajstić information content (AvgIpc) is 3.13. The maximum absolute atomic E-state index is 14.1. The van der Waals surface area contributed by atoms with Gasteiger partial charge in [-0.2, -0.15) is 13.2 Å². The molecule has 1 aliphatic rings. The van der Waals surface area contributed by atoms with Crippen LogP contribution in [-0.2, 0) is 14.3 Å². The van der Waals surface area contributed by atoms with Gasteiger partial charge in [0, 0.05) is 11.9 Å². The molecule has 1 atom stereocenters. The number of halogens is 4. The Morgan fingerprint density at radius 1 is 1.19 bits per heavy atom. The highest BCUT2D eigenvalue weighted by molar-refractivity contribution is 7.07. The number of hydrogen-bond acceptors (Lipinski definition) is 7. The van der Waals surface area contributed by atoms with Gasteiger partial charge in [0.15, 0.2) is 10.5 Å². The van der Waals surface area contributed by atoms with Crippen molar-refractivity contribution in [3.63, 3.8) is 0 Å². The third-order valence-corrected chi connectivity index (χ3v) is 6.43. The summed E-state index contributed by atoms with van der Waals surface area (Å²) in [5.74, 6) is -1.54. The number of carbonyl (C=O) groups excluding carboxylic acids is 2. The Morgan fingerprint density at radius 2 is 1.89 bits per heavy atom. The fourth-order valence-electron chi connectivity index (χ4n) is 3.79. The normalized spacial score (nSPS) is 15.7. The summed E-state index contributed by atoms with van der Waals surface area (Å²) in [7, 11) is 0. The Morgan fingerprint density at radius 3 is 2.51 bits per heavy atom. The summed E-state index contributed by atoms with van der Waals surface area (Å²) in [6.07, 6.45) is -3.56. The van der Waals surface area contributed by atoms with Crippen molar-refractivity contribution in [2.45, 2.75) is 26.1 Å². The summed E-state index contributed by atoms with van der Waals surface area (Å²) < 4.78 is 53.5. The zero-order chi connectivity index (χ0) is 26.9. The molecular formula is C25H18ClF3N2O5S. The second-order valence-corrected chi connectivity index (χ2v) is 9.23. The van der Waals surface area contributed by atoms with Gasteiger partial charge in [0.1, 0.15) is 5.75 Å². The van der Waals surface area contributed by atoms with E-state index in [1.54, 1.807) is 18.2 Å². The first-order valence-corrected chi connectivity index (χ1v) is 12.0. The van der Waals surface area contributed by atoms with Gasteiger partial charge in [-0.1, -0.05) is 47.2 Å². The van der Waals surface area contributed by atoms with Crippen LogP contribution in [0.5, 0.6) is 5.75 Å². The Hall–Kier alpha value is -3.70. The van der Waals surface area contributed by atoms with Gasteiger partial charge in [0.2, 0.25) is 0 Å². The molecule has 37 heavy (non-hydrogen) atoms. The van der Waals surface area contributed by atoms with Gasteiger partial charge in [0.25, 0.3) is 5.56 Å². The van der Waals surface area contributed by atoms with Crippen LogP contribution in [-0.4, -0.2) is 29.3 Å². The van der Waals surface area contributed by atoms with Crippen molar-refractivity contribution in [1.29, 1.82) is 0 Å². The molecule has 0 N–H and O–H groups in total. The number of esters is 2. The van der Waals surface area contributed by atoms with Gasteiger partial charge in [0.05, 0.1) is 22.8 Å². The zero-order valence-electron chi connectivity index (χ0n) is 19.3. The first-order valence-electron chi connectivity index (χ1n) is 10.8. The lowest BCUT2D eigenvalue weighted by molar-refractivity contribution is -0.140. The summed E-state index contributed by atoms with van der Waals surface area (Å²) in [6.45, 7) is 2.52. The Kier molecular flexibility index (Phi) is 7.37. The third-order valence-electron chi connectivity index (χ3n) is 5.20. The highest BCUT2D eigenvalue weighted by Crippen LogP contribution is 2.38. The molecule has 0 spiro atoms. The van der Waals surface area contributed by atoms with Crippen LogP contribution in [0.1, 0.15) is 31.0 Å². The van der Waals surface area contributed by atoms with E-state index in [2.05, 4.69) is 4.99 Å². The summed E-state index contributed by atoms with van der Waals surface area (Å²) in [4.78, 5) is 41.1. The highest BCUT2D eigenvalue weighted by Gasteiger charge is 2.45. The SMILES string of the molecule is CCOC(=O)C1=C(C(F)(F)F)N=c2s/c(=C\c3cccc(OC(C)=O)c3)c(=O)n2[C@H]1c1ccc(Cl)cc1. The predicted molar refractivity (Wildman–Crippen MR) is 130 cm³/mol. The fraction of sp³-hybridized carbons (Fsp3) is 0.200. The Labute approximate surface area is 216 Å². The van der Waals surface area contributed by atoms with Gasteiger partial charge in [-0.25, -0.2) is 9.79 Å². The molecule has 4 rings (SSSR count). The number of benzene rings is 2. The van der Waals surface area contributed by atoms with Crippen molar-refractivity contribution in [1.82, 2.24) is 4.57 Å². The first-order chi connectivity index (χ1) is 17.5. The number of thiazole rings is 1. The quantitative estimate of drug-likeness (QED) is 0.355. The monoisotopic (exact) mass is 550 g/mol. The molecule has 0 saturated carbocycles. The molecule has 7 nitrogen and oxygen atoms in total. The Bertz CT molecular complexity index is 1590. The minimum absolute atomic E-state index is 0.0596. The molecule has 2 heterocycles. The topological polar surface area (TPSA) is 87.0 Å². The van der Waals surface area contributed by atoms with Crippen molar-refractivity contribution in [2.24, 2.45) is 4.99 Å². The van der Waals surface area contributed by atoms with E-state index in [9.17, 15) is 27.6 Å². The van der Waals surface area contributed by atoms with Crippen molar-refractivity contribution >= 4 is 41.0 Å². The van der Waals surface area contributed by atoms with Crippen LogP contribution in [0.3, 0.4) is 0 Å². The van der Waals surface area contributed by atoms with Gasteiger partial charge in [-0.15, -0.1) is 0 Å². The number of nitrogens with zero attached hydrogens (tertiary/aromatic N) is 2. The smallest absolute Gasteiger partial charge is 0.434 e. The van der Waals surface area contributed by atoms with Crippen LogP contribution in [0.15, 0.2) is 69.6 Å². The van der Waals surface area contributed by atoms with E-state index in [4.69, 9.17) is 21.1 Å². The summed E-state index contributed by atoms with van der Waals surface area (Å²) >= 11 is 6.70. The number of hydrogen-bond donors (Lipinski definition) is 0. The second kappa shape index (κ2) is 10.3. The molecule has 0 amide bonds. The standard InChI is InChI=1S/C25H18ClF3N2O5S/c1-3-35-23(34)19-20(15-7-9-16(26)10-8-15)31-22(33)18(37-24(31)30-21(19)25(27,28)29)12-14-5-4-6-17(11-14)36-13(2)32/h4-12,20H,3H2,1-2H3/b18-12-/t20-/m0/s1. The van der Waals surface area contributed by atoms with Crippen molar-refractivity contribution in [2.75, 3.05) is 6.61 Å². The molecule has 0 bridgehead atoms. The average molecular weight is 551 g/mol. The molecule has 12 heteroatoms. The molecule has 192 valence electrons. The molecule has 2 aromatic carbocycles. The number of rotatable bonds is 5. The van der Waals surface area contributed by atoms with E-state index in [0.29, 0.717) is 10.6 Å². The summed E-state index contributed by atoms with van der Waals surface area (Å²) in [6, 6.07) is 10.6. The summed E-state index contributed by atoms with van der Waals surface area (Å²) in [5.41, 5.74) is -2.21. The molecular weight excluding hydrogens is 533 g/mol. The van der Waals surface area contributed by atoms with Gasteiger partial charge in [-0.3, -0.25) is 14.2 Å². The molecule has 0 radical (unpaired) electrons. The van der Waals surface area contributed by atoms with Crippen molar-refractivity contribution in [3.05, 3.63) is 95.6 Å². The van der Waals surface area contributed by atoms with Gasteiger partial charge in [-0.05, 0) is 48.4 Å². The first kappa shape index (κ1) is 26.4. The summed E-state index contributed by atoms with van der Waals surface area (Å²) in [5, 5.41) is 0.321. The van der Waals surface area contributed by atoms with E-state index in [0.717, 1.165) is 15.9 Å². The van der Waals surface area contributed by atoms with E-state index < -0.39 is 41.0 Å². The van der Waals surface area contributed by atoms with Crippen LogP contribution < -0.4 is 19.6 Å². The fourth-order valence-corrected chi connectivity index (χ4v) is 4.91. The third kappa shape index (κ3) is 5.52. The van der Waals surface area contributed by atoms with Gasteiger partial charge >= 0.3 is 18.1 Å². The number of allylic oxidation sites excluding steroid dienone is 1. The predicted octanol–water partition coefficient (Wildman–Crippen LogP) is 3.92. The van der Waals surface area contributed by atoms with Crippen LogP contribution in [0.25, 0.3) is 6.08 Å². The molecule has 0 unspecified atom stereocenters. The highest BCUT2D eigenvalue weighted by atomic mass is 35.5. The zero-order valence-corrected chi connectivity index (χ0v) is 20.9. The number of aromatic nitrogens is 1. The van der Waals surface area contributed by atoms with Crippen LogP contribution in [0, 0.1) is 0 Å². The maximum atomic E-state index is 14.1. The van der Waals surface area contributed by atoms with Crippen molar-refractivity contribution < 1.29 is 32.2 Å². The minimum Gasteiger partial charge on any atom is -0.463 e. The van der Waals surface area contributed by atoms with Crippen LogP contribution in [0.2, 0.25) is 5.02 Å². The van der Waals surface area contributed by atoms with E-state index >= 15 is 0 Å². The van der Waals surface area contributed by atoms with Gasteiger partial charge < -0.3 is 9.47 Å². The molecule has 0 aliphatic carbocycles. The van der Waals surface area contributed by atoms with Crippen molar-refractivity contribution in [3.8, 4) is 5.75 Å².